The quantitative estimate of drug-likeness (QED) is 0.782. The van der Waals surface area contributed by atoms with E-state index in [4.69, 9.17) is 4.42 Å². The largest absolute Gasteiger partial charge is 0.464 e. The second kappa shape index (κ2) is 6.09. The molecule has 0 saturated carbocycles. The Balaban J connectivity index is 1.53. The van der Waals surface area contributed by atoms with Gasteiger partial charge in [-0.25, -0.2) is 0 Å². The minimum atomic E-state index is -0.0750. The summed E-state index contributed by atoms with van der Waals surface area (Å²) < 4.78 is 7.09. The van der Waals surface area contributed by atoms with Crippen molar-refractivity contribution in [2.45, 2.75) is 6.54 Å². The fraction of sp³-hybridized carbons (Fsp3) is 0.125. The van der Waals surface area contributed by atoms with Crippen molar-refractivity contribution in [3.63, 3.8) is 0 Å². The zero-order chi connectivity index (χ0) is 14.5. The zero-order valence-corrected chi connectivity index (χ0v) is 11.4. The van der Waals surface area contributed by atoms with Gasteiger partial charge in [-0.15, -0.1) is 0 Å². The Labute approximate surface area is 122 Å². The number of hydrogen-bond acceptors (Lipinski definition) is 3. The average molecular weight is 281 g/mol. The van der Waals surface area contributed by atoms with Crippen LogP contribution in [0.4, 0.5) is 0 Å². The summed E-state index contributed by atoms with van der Waals surface area (Å²) >= 11 is 0. The van der Waals surface area contributed by atoms with Crippen LogP contribution in [0.3, 0.4) is 0 Å². The number of amides is 1. The number of aromatic nitrogens is 2. The lowest BCUT2D eigenvalue weighted by atomic mass is 10.2. The first kappa shape index (κ1) is 13.2. The first-order valence-corrected chi connectivity index (χ1v) is 6.72. The van der Waals surface area contributed by atoms with Gasteiger partial charge in [0.25, 0.3) is 5.91 Å². The van der Waals surface area contributed by atoms with Crippen LogP contribution in [0.5, 0.6) is 0 Å². The van der Waals surface area contributed by atoms with Crippen molar-refractivity contribution in [1.82, 2.24) is 15.1 Å². The molecule has 1 amide bonds. The summed E-state index contributed by atoms with van der Waals surface area (Å²) in [6, 6.07) is 12.9. The monoisotopic (exact) mass is 281 g/mol. The molecular weight excluding hydrogens is 266 g/mol. The smallest absolute Gasteiger partial charge is 0.251 e. The standard InChI is InChI=1S/C16H15N3O2/c20-16(13-5-2-1-3-6-13)17-8-9-19-12-14(11-18-19)15-7-4-10-21-15/h1-7,10-12H,8-9H2,(H,17,20). The summed E-state index contributed by atoms with van der Waals surface area (Å²) in [5.74, 6) is 0.712. The van der Waals surface area contributed by atoms with Crippen LogP contribution in [-0.2, 0) is 6.54 Å². The molecule has 5 nitrogen and oxygen atoms in total. The second-order valence-corrected chi connectivity index (χ2v) is 4.59. The lowest BCUT2D eigenvalue weighted by molar-refractivity contribution is 0.0952. The summed E-state index contributed by atoms with van der Waals surface area (Å²) in [5.41, 5.74) is 1.59. The third-order valence-electron chi connectivity index (χ3n) is 3.10. The SMILES string of the molecule is O=C(NCCn1cc(-c2ccco2)cn1)c1ccccc1. The molecule has 0 saturated heterocycles. The Bertz CT molecular complexity index is 702. The van der Waals surface area contributed by atoms with Crippen molar-refractivity contribution in [2.24, 2.45) is 0 Å². The Morgan fingerprint density at radius 2 is 2.05 bits per heavy atom. The molecule has 0 bridgehead atoms. The molecule has 0 fully saturated rings. The van der Waals surface area contributed by atoms with Crippen LogP contribution >= 0.6 is 0 Å². The van der Waals surface area contributed by atoms with Crippen molar-refractivity contribution >= 4 is 5.91 Å². The second-order valence-electron chi connectivity index (χ2n) is 4.59. The van der Waals surface area contributed by atoms with Crippen LogP contribution in [0.1, 0.15) is 10.4 Å². The molecule has 5 heteroatoms. The molecule has 0 atom stereocenters. The molecule has 2 heterocycles. The summed E-state index contributed by atoms with van der Waals surface area (Å²) in [5, 5.41) is 7.12. The summed E-state index contributed by atoms with van der Waals surface area (Å²) in [6.07, 6.45) is 5.28. The van der Waals surface area contributed by atoms with E-state index in [0.29, 0.717) is 18.7 Å². The highest BCUT2D eigenvalue weighted by Crippen LogP contribution is 2.18. The predicted molar refractivity (Wildman–Crippen MR) is 78.7 cm³/mol. The number of nitrogens with zero attached hydrogens (tertiary/aromatic N) is 2. The van der Waals surface area contributed by atoms with E-state index >= 15 is 0 Å². The van der Waals surface area contributed by atoms with Gasteiger partial charge in [-0.05, 0) is 24.3 Å². The Morgan fingerprint density at radius 1 is 1.19 bits per heavy atom. The maximum atomic E-state index is 11.9. The molecule has 0 radical (unpaired) electrons. The van der Waals surface area contributed by atoms with E-state index in [2.05, 4.69) is 10.4 Å². The molecule has 3 rings (SSSR count). The Morgan fingerprint density at radius 3 is 2.81 bits per heavy atom. The van der Waals surface area contributed by atoms with E-state index in [-0.39, 0.29) is 5.91 Å². The topological polar surface area (TPSA) is 60.1 Å². The highest BCUT2D eigenvalue weighted by atomic mass is 16.3. The van der Waals surface area contributed by atoms with E-state index in [1.807, 2.05) is 36.5 Å². The van der Waals surface area contributed by atoms with Crippen molar-refractivity contribution in [3.05, 3.63) is 66.7 Å². The molecule has 1 aromatic carbocycles. The summed E-state index contributed by atoms with van der Waals surface area (Å²) in [6.45, 7) is 1.13. The van der Waals surface area contributed by atoms with Gasteiger partial charge in [-0.3, -0.25) is 9.48 Å². The van der Waals surface area contributed by atoms with Gasteiger partial charge in [0.05, 0.1) is 24.6 Å². The molecule has 0 unspecified atom stereocenters. The highest BCUT2D eigenvalue weighted by molar-refractivity contribution is 5.94. The van der Waals surface area contributed by atoms with E-state index in [1.165, 1.54) is 0 Å². The van der Waals surface area contributed by atoms with E-state index in [1.54, 1.807) is 29.3 Å². The van der Waals surface area contributed by atoms with Crippen molar-refractivity contribution in [2.75, 3.05) is 6.54 Å². The van der Waals surface area contributed by atoms with Crippen LogP contribution in [-0.4, -0.2) is 22.2 Å². The fourth-order valence-electron chi connectivity index (χ4n) is 2.03. The Hall–Kier alpha value is -2.82. The maximum absolute atomic E-state index is 11.9. The third-order valence-corrected chi connectivity index (χ3v) is 3.10. The first-order valence-electron chi connectivity index (χ1n) is 6.72. The molecule has 0 aliphatic heterocycles. The van der Waals surface area contributed by atoms with Gasteiger partial charge >= 0.3 is 0 Å². The van der Waals surface area contributed by atoms with E-state index < -0.39 is 0 Å². The van der Waals surface area contributed by atoms with Gasteiger partial charge < -0.3 is 9.73 Å². The van der Waals surface area contributed by atoms with Gasteiger partial charge in [0.1, 0.15) is 5.76 Å². The molecule has 1 N–H and O–H groups in total. The van der Waals surface area contributed by atoms with Crippen LogP contribution in [0.15, 0.2) is 65.5 Å². The van der Waals surface area contributed by atoms with Crippen molar-refractivity contribution in [3.8, 4) is 11.3 Å². The molecule has 2 aromatic heterocycles. The molecule has 3 aromatic rings. The van der Waals surface area contributed by atoms with Crippen molar-refractivity contribution in [1.29, 1.82) is 0 Å². The predicted octanol–water partition coefficient (Wildman–Crippen LogP) is 2.57. The van der Waals surface area contributed by atoms with Crippen LogP contribution in [0.2, 0.25) is 0 Å². The molecule has 106 valence electrons. The molecular formula is C16H15N3O2. The number of carbonyl (C=O) groups is 1. The first-order chi connectivity index (χ1) is 10.3. The van der Waals surface area contributed by atoms with Gasteiger partial charge in [0.15, 0.2) is 0 Å². The van der Waals surface area contributed by atoms with Gasteiger partial charge in [-0.1, -0.05) is 18.2 Å². The number of furan rings is 1. The van der Waals surface area contributed by atoms with Crippen LogP contribution in [0.25, 0.3) is 11.3 Å². The lowest BCUT2D eigenvalue weighted by Gasteiger charge is -2.05. The maximum Gasteiger partial charge on any atom is 0.251 e. The van der Waals surface area contributed by atoms with Gasteiger partial charge in [0, 0.05) is 18.3 Å². The molecule has 21 heavy (non-hydrogen) atoms. The highest BCUT2D eigenvalue weighted by Gasteiger charge is 2.05. The van der Waals surface area contributed by atoms with Crippen molar-refractivity contribution < 1.29 is 9.21 Å². The molecule has 0 aliphatic rings. The van der Waals surface area contributed by atoms with Gasteiger partial charge in [-0.2, -0.15) is 5.10 Å². The van der Waals surface area contributed by atoms with Crippen LogP contribution in [0, 0.1) is 0 Å². The van der Waals surface area contributed by atoms with E-state index in [9.17, 15) is 4.79 Å². The summed E-state index contributed by atoms with van der Waals surface area (Å²) in [4.78, 5) is 11.9. The number of hydrogen-bond donors (Lipinski definition) is 1. The number of rotatable bonds is 5. The van der Waals surface area contributed by atoms with E-state index in [0.717, 1.165) is 11.3 Å². The number of carbonyl (C=O) groups excluding carboxylic acids is 1. The van der Waals surface area contributed by atoms with Crippen LogP contribution < -0.4 is 5.32 Å². The fourth-order valence-corrected chi connectivity index (χ4v) is 2.03. The molecule has 0 aliphatic carbocycles. The number of benzene rings is 1. The number of nitrogens with one attached hydrogen (secondary N) is 1. The minimum Gasteiger partial charge on any atom is -0.464 e. The molecule has 0 spiro atoms. The minimum absolute atomic E-state index is 0.0750. The zero-order valence-electron chi connectivity index (χ0n) is 11.4. The Kier molecular flexibility index (Phi) is 3.82. The third kappa shape index (κ3) is 3.20. The normalized spacial score (nSPS) is 10.5. The lowest BCUT2D eigenvalue weighted by Crippen LogP contribution is -2.27. The van der Waals surface area contributed by atoms with Gasteiger partial charge in [0.2, 0.25) is 0 Å². The summed E-state index contributed by atoms with van der Waals surface area (Å²) in [7, 11) is 0. The average Bonchev–Trinajstić information content (AvgIpc) is 3.19.